The van der Waals surface area contributed by atoms with Crippen molar-refractivity contribution >= 4 is 23.4 Å². The van der Waals surface area contributed by atoms with E-state index >= 15 is 0 Å². The third-order valence-electron chi connectivity index (χ3n) is 4.16. The molecule has 1 heterocycles. The van der Waals surface area contributed by atoms with Crippen molar-refractivity contribution in [1.29, 1.82) is 0 Å². The van der Waals surface area contributed by atoms with E-state index in [-0.39, 0.29) is 12.2 Å². The Morgan fingerprint density at radius 1 is 1.11 bits per heavy atom. The second-order valence-corrected chi connectivity index (χ2v) is 7.00. The molecular weight excluding hydrogens is 381 g/mol. The number of aryl methyl sites for hydroxylation is 1. The molecule has 0 atom stereocenters. The van der Waals surface area contributed by atoms with Crippen LogP contribution in [-0.2, 0) is 11.3 Å². The van der Waals surface area contributed by atoms with Crippen molar-refractivity contribution in [1.82, 2.24) is 9.13 Å². The SMILES string of the molecule is CSc1cccc(NC(=O)Cn2ccn(-c3cc(F)ccc3C)c(=O)c2=O)c1. The van der Waals surface area contributed by atoms with E-state index in [9.17, 15) is 18.8 Å². The average molecular weight is 399 g/mol. The number of amides is 1. The Labute approximate surface area is 164 Å². The summed E-state index contributed by atoms with van der Waals surface area (Å²) in [6.45, 7) is 1.41. The van der Waals surface area contributed by atoms with Crippen molar-refractivity contribution in [3.8, 4) is 5.69 Å². The van der Waals surface area contributed by atoms with E-state index in [4.69, 9.17) is 0 Å². The summed E-state index contributed by atoms with van der Waals surface area (Å²) in [5.41, 5.74) is -0.180. The number of hydrogen-bond donors (Lipinski definition) is 1. The summed E-state index contributed by atoms with van der Waals surface area (Å²) >= 11 is 1.54. The van der Waals surface area contributed by atoms with Gasteiger partial charge in [0.15, 0.2) is 0 Å². The van der Waals surface area contributed by atoms with Crippen LogP contribution in [0.2, 0.25) is 0 Å². The van der Waals surface area contributed by atoms with Crippen LogP contribution >= 0.6 is 11.8 Å². The molecule has 0 unspecified atom stereocenters. The van der Waals surface area contributed by atoms with Crippen LogP contribution in [0.5, 0.6) is 0 Å². The van der Waals surface area contributed by atoms with Crippen molar-refractivity contribution < 1.29 is 9.18 Å². The van der Waals surface area contributed by atoms with Crippen LogP contribution in [0.15, 0.2) is 69.3 Å². The number of carbonyl (C=O) groups excluding carboxylic acids is 1. The Balaban J connectivity index is 1.85. The van der Waals surface area contributed by atoms with E-state index < -0.39 is 22.8 Å². The lowest BCUT2D eigenvalue weighted by Gasteiger charge is -2.11. The monoisotopic (exact) mass is 399 g/mol. The van der Waals surface area contributed by atoms with Gasteiger partial charge in [0.2, 0.25) is 5.91 Å². The maximum Gasteiger partial charge on any atom is 0.320 e. The molecule has 3 aromatic rings. The number of nitrogens with zero attached hydrogens (tertiary/aromatic N) is 2. The minimum absolute atomic E-state index is 0.285. The highest BCUT2D eigenvalue weighted by atomic mass is 32.2. The van der Waals surface area contributed by atoms with E-state index in [1.807, 2.05) is 24.5 Å². The van der Waals surface area contributed by atoms with Gasteiger partial charge in [0.1, 0.15) is 12.4 Å². The summed E-state index contributed by atoms with van der Waals surface area (Å²) in [4.78, 5) is 38.1. The fourth-order valence-electron chi connectivity index (χ4n) is 2.72. The molecule has 0 aliphatic heterocycles. The molecule has 0 aliphatic carbocycles. The second-order valence-electron chi connectivity index (χ2n) is 6.12. The molecule has 28 heavy (non-hydrogen) atoms. The maximum absolute atomic E-state index is 13.5. The smallest absolute Gasteiger partial charge is 0.320 e. The summed E-state index contributed by atoms with van der Waals surface area (Å²) in [5, 5.41) is 2.70. The third kappa shape index (κ3) is 4.23. The molecule has 0 saturated heterocycles. The lowest BCUT2D eigenvalue weighted by Crippen LogP contribution is -2.41. The van der Waals surface area contributed by atoms with Gasteiger partial charge in [0, 0.05) is 23.0 Å². The van der Waals surface area contributed by atoms with Crippen LogP contribution in [0, 0.1) is 12.7 Å². The highest BCUT2D eigenvalue weighted by Gasteiger charge is 2.12. The molecule has 3 rings (SSSR count). The molecular formula is C20H18FN3O3S. The molecule has 0 radical (unpaired) electrons. The predicted octanol–water partition coefficient (Wildman–Crippen LogP) is 2.81. The Kier molecular flexibility index (Phi) is 5.79. The molecule has 144 valence electrons. The number of halogens is 1. The molecule has 1 N–H and O–H groups in total. The summed E-state index contributed by atoms with van der Waals surface area (Å²) < 4.78 is 15.6. The predicted molar refractivity (Wildman–Crippen MR) is 108 cm³/mol. The zero-order valence-electron chi connectivity index (χ0n) is 15.3. The van der Waals surface area contributed by atoms with Crippen molar-refractivity contribution in [2.45, 2.75) is 18.4 Å². The van der Waals surface area contributed by atoms with Gasteiger partial charge in [-0.2, -0.15) is 0 Å². The summed E-state index contributed by atoms with van der Waals surface area (Å²) in [6, 6.07) is 11.3. The second kappa shape index (κ2) is 8.26. The van der Waals surface area contributed by atoms with Crippen molar-refractivity contribution in [2.75, 3.05) is 11.6 Å². The van der Waals surface area contributed by atoms with Gasteiger partial charge >= 0.3 is 11.1 Å². The minimum atomic E-state index is -0.862. The Hall–Kier alpha value is -3.13. The Bertz CT molecular complexity index is 1150. The lowest BCUT2D eigenvalue weighted by molar-refractivity contribution is -0.116. The molecule has 6 nitrogen and oxygen atoms in total. The highest BCUT2D eigenvalue weighted by molar-refractivity contribution is 7.98. The van der Waals surface area contributed by atoms with Gasteiger partial charge in [-0.25, -0.2) is 4.39 Å². The molecule has 2 aromatic carbocycles. The number of hydrogen-bond acceptors (Lipinski definition) is 4. The number of carbonyl (C=O) groups is 1. The first-order valence-electron chi connectivity index (χ1n) is 8.41. The van der Waals surface area contributed by atoms with Crippen LogP contribution in [-0.4, -0.2) is 21.3 Å². The molecule has 1 aromatic heterocycles. The van der Waals surface area contributed by atoms with Gasteiger partial charge in [-0.1, -0.05) is 12.1 Å². The first-order valence-corrected chi connectivity index (χ1v) is 9.64. The lowest BCUT2D eigenvalue weighted by atomic mass is 10.2. The minimum Gasteiger partial charge on any atom is -0.324 e. The van der Waals surface area contributed by atoms with Crippen LogP contribution in [0.4, 0.5) is 10.1 Å². The average Bonchev–Trinajstić information content (AvgIpc) is 2.68. The summed E-state index contributed by atoms with van der Waals surface area (Å²) in [6.07, 6.45) is 4.62. The standard InChI is InChI=1S/C20H18FN3O3S/c1-13-6-7-14(21)10-17(13)24-9-8-23(19(26)20(24)27)12-18(25)22-15-4-3-5-16(11-15)28-2/h3-11H,12H2,1-2H3,(H,22,25). The highest BCUT2D eigenvalue weighted by Crippen LogP contribution is 2.19. The van der Waals surface area contributed by atoms with E-state index in [0.29, 0.717) is 11.3 Å². The van der Waals surface area contributed by atoms with E-state index in [0.717, 1.165) is 14.0 Å². The molecule has 1 amide bonds. The van der Waals surface area contributed by atoms with Gasteiger partial charge in [0.05, 0.1) is 5.69 Å². The summed E-state index contributed by atoms with van der Waals surface area (Å²) in [7, 11) is 0. The van der Waals surface area contributed by atoms with Gasteiger partial charge < -0.3 is 5.32 Å². The maximum atomic E-state index is 13.5. The van der Waals surface area contributed by atoms with Crippen molar-refractivity contribution in [2.24, 2.45) is 0 Å². The number of anilines is 1. The zero-order valence-corrected chi connectivity index (χ0v) is 16.1. The molecule has 0 bridgehead atoms. The Morgan fingerprint density at radius 2 is 1.89 bits per heavy atom. The fourth-order valence-corrected chi connectivity index (χ4v) is 3.18. The van der Waals surface area contributed by atoms with Crippen molar-refractivity contribution in [3.63, 3.8) is 0 Å². The normalized spacial score (nSPS) is 10.7. The number of thioether (sulfide) groups is 1. The molecule has 0 aliphatic rings. The first kappa shape index (κ1) is 19.6. The van der Waals surface area contributed by atoms with E-state index in [2.05, 4.69) is 5.32 Å². The summed E-state index contributed by atoms with van der Waals surface area (Å²) in [5.74, 6) is -0.942. The molecule has 0 fully saturated rings. The third-order valence-corrected chi connectivity index (χ3v) is 4.88. The Morgan fingerprint density at radius 3 is 2.64 bits per heavy atom. The van der Waals surface area contributed by atoms with Crippen LogP contribution < -0.4 is 16.4 Å². The van der Waals surface area contributed by atoms with Gasteiger partial charge in [-0.15, -0.1) is 11.8 Å². The zero-order chi connectivity index (χ0) is 20.3. The van der Waals surface area contributed by atoms with E-state index in [1.54, 1.807) is 24.8 Å². The first-order chi connectivity index (χ1) is 13.4. The van der Waals surface area contributed by atoms with Crippen LogP contribution in [0.3, 0.4) is 0 Å². The largest absolute Gasteiger partial charge is 0.324 e. The van der Waals surface area contributed by atoms with Crippen LogP contribution in [0.25, 0.3) is 5.69 Å². The quantitative estimate of drug-likeness (QED) is 0.529. The molecule has 0 spiro atoms. The topological polar surface area (TPSA) is 73.1 Å². The van der Waals surface area contributed by atoms with Gasteiger partial charge in [-0.05, 0) is 49.1 Å². The number of benzene rings is 2. The molecule has 8 heteroatoms. The molecule has 0 saturated carbocycles. The fraction of sp³-hybridized carbons (Fsp3) is 0.150. The van der Waals surface area contributed by atoms with Gasteiger partial charge in [-0.3, -0.25) is 23.5 Å². The number of nitrogens with one attached hydrogen (secondary N) is 1. The van der Waals surface area contributed by atoms with Crippen molar-refractivity contribution in [3.05, 3.63) is 86.9 Å². The van der Waals surface area contributed by atoms with Crippen LogP contribution in [0.1, 0.15) is 5.56 Å². The van der Waals surface area contributed by atoms with Gasteiger partial charge in [0.25, 0.3) is 0 Å². The number of aromatic nitrogens is 2. The number of rotatable bonds is 5. The van der Waals surface area contributed by atoms with E-state index in [1.165, 1.54) is 30.6 Å².